The SMILES string of the molecule is CCCCN(C)c1ccc(C(=O)NC(c2ccccc2)c2ccccn2)cc1. The molecule has 0 aliphatic rings. The van der Waals surface area contributed by atoms with E-state index in [0.29, 0.717) is 5.56 Å². The maximum absolute atomic E-state index is 12.9. The van der Waals surface area contributed by atoms with Crippen LogP contribution in [0.15, 0.2) is 79.0 Å². The molecule has 0 saturated heterocycles. The fourth-order valence-electron chi connectivity index (χ4n) is 3.13. The first-order chi connectivity index (χ1) is 13.7. The van der Waals surface area contributed by atoms with Crippen LogP contribution in [0.1, 0.15) is 47.4 Å². The van der Waals surface area contributed by atoms with E-state index in [9.17, 15) is 4.79 Å². The molecule has 3 aromatic rings. The van der Waals surface area contributed by atoms with Crippen molar-refractivity contribution in [2.45, 2.75) is 25.8 Å². The summed E-state index contributed by atoms with van der Waals surface area (Å²) in [7, 11) is 2.08. The van der Waals surface area contributed by atoms with E-state index in [1.165, 1.54) is 6.42 Å². The minimum Gasteiger partial charge on any atom is -0.375 e. The van der Waals surface area contributed by atoms with Crippen LogP contribution in [0.4, 0.5) is 5.69 Å². The zero-order valence-corrected chi connectivity index (χ0v) is 16.5. The van der Waals surface area contributed by atoms with Crippen molar-refractivity contribution in [3.63, 3.8) is 0 Å². The Bertz CT molecular complexity index is 824. The maximum atomic E-state index is 12.9. The van der Waals surface area contributed by atoms with Crippen LogP contribution in [0.3, 0.4) is 0 Å². The monoisotopic (exact) mass is 373 g/mol. The second kappa shape index (κ2) is 9.70. The quantitative estimate of drug-likeness (QED) is 0.615. The van der Waals surface area contributed by atoms with Crippen molar-refractivity contribution >= 4 is 11.6 Å². The molecule has 1 atom stereocenters. The second-order valence-corrected chi connectivity index (χ2v) is 6.89. The van der Waals surface area contributed by atoms with Crippen LogP contribution in [0.2, 0.25) is 0 Å². The summed E-state index contributed by atoms with van der Waals surface area (Å²) in [5, 5.41) is 3.13. The van der Waals surface area contributed by atoms with Crippen molar-refractivity contribution < 1.29 is 4.79 Å². The van der Waals surface area contributed by atoms with E-state index in [2.05, 4.69) is 29.2 Å². The molecule has 1 aromatic heterocycles. The molecule has 4 nitrogen and oxygen atoms in total. The van der Waals surface area contributed by atoms with Gasteiger partial charge in [0.25, 0.3) is 5.91 Å². The topological polar surface area (TPSA) is 45.2 Å². The molecule has 4 heteroatoms. The highest BCUT2D eigenvalue weighted by Gasteiger charge is 2.18. The molecule has 28 heavy (non-hydrogen) atoms. The average molecular weight is 374 g/mol. The maximum Gasteiger partial charge on any atom is 0.252 e. The zero-order chi connectivity index (χ0) is 19.8. The molecule has 144 valence electrons. The van der Waals surface area contributed by atoms with Gasteiger partial charge in [0.15, 0.2) is 0 Å². The van der Waals surface area contributed by atoms with Crippen LogP contribution in [-0.4, -0.2) is 24.5 Å². The number of carbonyl (C=O) groups is 1. The Kier molecular flexibility index (Phi) is 6.79. The Labute approximate surface area is 167 Å². The summed E-state index contributed by atoms with van der Waals surface area (Å²) in [5.41, 5.74) is 3.59. The highest BCUT2D eigenvalue weighted by atomic mass is 16.1. The van der Waals surface area contributed by atoms with Gasteiger partial charge in [0, 0.05) is 31.0 Å². The fraction of sp³-hybridized carbons (Fsp3) is 0.250. The smallest absolute Gasteiger partial charge is 0.252 e. The van der Waals surface area contributed by atoms with Crippen LogP contribution in [-0.2, 0) is 0 Å². The summed E-state index contributed by atoms with van der Waals surface area (Å²) in [6.07, 6.45) is 4.07. The first-order valence-corrected chi connectivity index (χ1v) is 9.77. The standard InChI is InChI=1S/C24H27N3O/c1-3-4-18-27(2)21-15-13-20(14-16-21)24(28)26-23(19-10-6-5-7-11-19)22-12-8-9-17-25-22/h5-17,23H,3-4,18H2,1-2H3,(H,26,28). The number of nitrogens with zero attached hydrogens (tertiary/aromatic N) is 2. The Morgan fingerprint density at radius 3 is 2.36 bits per heavy atom. The Morgan fingerprint density at radius 1 is 1.00 bits per heavy atom. The Balaban J connectivity index is 1.77. The van der Waals surface area contributed by atoms with Crippen molar-refractivity contribution in [2.24, 2.45) is 0 Å². The van der Waals surface area contributed by atoms with Gasteiger partial charge in [0.2, 0.25) is 0 Å². The summed E-state index contributed by atoms with van der Waals surface area (Å²) in [4.78, 5) is 19.6. The largest absolute Gasteiger partial charge is 0.375 e. The molecular formula is C24H27N3O. The number of hydrogen-bond acceptors (Lipinski definition) is 3. The van der Waals surface area contributed by atoms with Gasteiger partial charge in [-0.2, -0.15) is 0 Å². The predicted molar refractivity (Wildman–Crippen MR) is 115 cm³/mol. The van der Waals surface area contributed by atoms with Crippen LogP contribution in [0.25, 0.3) is 0 Å². The summed E-state index contributed by atoms with van der Waals surface area (Å²) in [6.45, 7) is 3.20. The van der Waals surface area contributed by atoms with Crippen LogP contribution in [0, 0.1) is 0 Å². The zero-order valence-electron chi connectivity index (χ0n) is 16.5. The highest BCUT2D eigenvalue weighted by Crippen LogP contribution is 2.21. The van der Waals surface area contributed by atoms with E-state index in [-0.39, 0.29) is 11.9 Å². The summed E-state index contributed by atoms with van der Waals surface area (Å²) in [5.74, 6) is -0.109. The van der Waals surface area contributed by atoms with Gasteiger partial charge in [-0.3, -0.25) is 9.78 Å². The van der Waals surface area contributed by atoms with Crippen molar-refractivity contribution in [3.8, 4) is 0 Å². The molecule has 1 N–H and O–H groups in total. The molecule has 0 spiro atoms. The van der Waals surface area contributed by atoms with Gasteiger partial charge in [0.1, 0.15) is 0 Å². The third-order valence-corrected chi connectivity index (χ3v) is 4.81. The number of benzene rings is 2. The molecule has 1 unspecified atom stereocenters. The lowest BCUT2D eigenvalue weighted by Crippen LogP contribution is -2.30. The van der Waals surface area contributed by atoms with Gasteiger partial charge in [-0.25, -0.2) is 0 Å². The van der Waals surface area contributed by atoms with Crippen molar-refractivity contribution in [1.29, 1.82) is 0 Å². The van der Waals surface area contributed by atoms with Crippen LogP contribution < -0.4 is 10.2 Å². The highest BCUT2D eigenvalue weighted by molar-refractivity contribution is 5.95. The number of rotatable bonds is 8. The van der Waals surface area contributed by atoms with E-state index in [1.807, 2.05) is 72.8 Å². The second-order valence-electron chi connectivity index (χ2n) is 6.89. The molecule has 1 amide bonds. The third-order valence-electron chi connectivity index (χ3n) is 4.81. The predicted octanol–water partition coefficient (Wildman–Crippen LogP) is 4.84. The molecule has 0 bridgehead atoms. The minimum absolute atomic E-state index is 0.109. The van der Waals surface area contributed by atoms with Crippen molar-refractivity contribution in [3.05, 3.63) is 95.8 Å². The summed E-state index contributed by atoms with van der Waals surface area (Å²) < 4.78 is 0. The lowest BCUT2D eigenvalue weighted by Gasteiger charge is -2.20. The summed E-state index contributed by atoms with van der Waals surface area (Å²) >= 11 is 0. The minimum atomic E-state index is -0.290. The van der Waals surface area contributed by atoms with Crippen LogP contribution in [0.5, 0.6) is 0 Å². The van der Waals surface area contributed by atoms with Gasteiger partial charge in [-0.05, 0) is 48.4 Å². The van der Waals surface area contributed by atoms with Crippen molar-refractivity contribution in [2.75, 3.05) is 18.5 Å². The first-order valence-electron chi connectivity index (χ1n) is 9.77. The first kappa shape index (κ1) is 19.6. The number of nitrogens with one attached hydrogen (secondary N) is 1. The van der Waals surface area contributed by atoms with Crippen LogP contribution >= 0.6 is 0 Å². The third kappa shape index (κ3) is 4.97. The van der Waals surface area contributed by atoms with Gasteiger partial charge < -0.3 is 10.2 Å². The Hall–Kier alpha value is -3.14. The molecule has 0 saturated carbocycles. The van der Waals surface area contributed by atoms with E-state index in [4.69, 9.17) is 0 Å². The molecule has 2 aromatic carbocycles. The normalized spacial score (nSPS) is 11.6. The number of aromatic nitrogens is 1. The number of unbranched alkanes of at least 4 members (excludes halogenated alkanes) is 1. The fourth-order valence-corrected chi connectivity index (χ4v) is 3.13. The van der Waals surface area contributed by atoms with Gasteiger partial charge >= 0.3 is 0 Å². The van der Waals surface area contributed by atoms with Gasteiger partial charge in [-0.15, -0.1) is 0 Å². The molecule has 0 radical (unpaired) electrons. The number of anilines is 1. The average Bonchev–Trinajstić information content (AvgIpc) is 2.77. The van der Waals surface area contributed by atoms with E-state index in [0.717, 1.165) is 29.9 Å². The number of hydrogen-bond donors (Lipinski definition) is 1. The number of amides is 1. The molecule has 0 aliphatic heterocycles. The molecule has 1 heterocycles. The van der Waals surface area contributed by atoms with E-state index < -0.39 is 0 Å². The molecule has 0 aliphatic carbocycles. The molecular weight excluding hydrogens is 346 g/mol. The van der Waals surface area contributed by atoms with Gasteiger partial charge in [-0.1, -0.05) is 49.7 Å². The molecule has 3 rings (SSSR count). The number of pyridine rings is 1. The van der Waals surface area contributed by atoms with E-state index >= 15 is 0 Å². The summed E-state index contributed by atoms with van der Waals surface area (Å²) in [6, 6.07) is 23.1. The molecule has 0 fully saturated rings. The lowest BCUT2D eigenvalue weighted by atomic mass is 10.0. The Morgan fingerprint density at radius 2 is 1.71 bits per heavy atom. The van der Waals surface area contributed by atoms with Gasteiger partial charge in [0.05, 0.1) is 11.7 Å². The van der Waals surface area contributed by atoms with Crippen molar-refractivity contribution in [1.82, 2.24) is 10.3 Å². The lowest BCUT2D eigenvalue weighted by molar-refractivity contribution is 0.0942. The number of carbonyl (C=O) groups excluding carboxylic acids is 1. The van der Waals surface area contributed by atoms with E-state index in [1.54, 1.807) is 6.20 Å².